The number of aromatic nitrogens is 1. The van der Waals surface area contributed by atoms with Crippen molar-refractivity contribution >= 4 is 16.7 Å². The second kappa shape index (κ2) is 8.64. The molecule has 3 aromatic rings. The van der Waals surface area contributed by atoms with Crippen molar-refractivity contribution in [1.29, 1.82) is 0 Å². The van der Waals surface area contributed by atoms with Gasteiger partial charge in [-0.25, -0.2) is 0 Å². The van der Waals surface area contributed by atoms with Crippen LogP contribution in [0.25, 0.3) is 10.9 Å². The summed E-state index contributed by atoms with van der Waals surface area (Å²) in [5.41, 5.74) is 2.26. The molecule has 0 saturated heterocycles. The molecule has 1 aromatic heterocycles. The van der Waals surface area contributed by atoms with Crippen LogP contribution in [0.2, 0.25) is 0 Å². The molecule has 0 unspecified atom stereocenters. The topological polar surface area (TPSA) is 54.7 Å². The summed E-state index contributed by atoms with van der Waals surface area (Å²) in [5.74, 6) is 5.73. The number of nitrogens with zero attached hydrogens (tertiary/aromatic N) is 2. The molecule has 0 radical (unpaired) electrons. The van der Waals surface area contributed by atoms with Crippen molar-refractivity contribution in [2.75, 3.05) is 27.7 Å². The summed E-state index contributed by atoms with van der Waals surface area (Å²) in [5, 5.41) is 10.6. The van der Waals surface area contributed by atoms with Crippen molar-refractivity contribution in [2.45, 2.75) is 13.0 Å². The normalized spacial score (nSPS) is 10.7. The van der Waals surface area contributed by atoms with Crippen molar-refractivity contribution < 1.29 is 14.6 Å². The molecule has 2 aromatic carbocycles. The molecule has 144 valence electrons. The molecule has 0 amide bonds. The summed E-state index contributed by atoms with van der Waals surface area (Å²) in [7, 11) is 5.58. The second-order valence-corrected chi connectivity index (χ2v) is 6.88. The average Bonchev–Trinajstić information content (AvgIpc) is 3.06. The Labute approximate surface area is 165 Å². The van der Waals surface area contributed by atoms with Crippen LogP contribution in [0.15, 0.2) is 48.7 Å². The van der Waals surface area contributed by atoms with Crippen LogP contribution >= 0.6 is 0 Å². The zero-order valence-electron chi connectivity index (χ0n) is 16.4. The van der Waals surface area contributed by atoms with E-state index < -0.39 is 0 Å². The molecule has 0 spiro atoms. The Morgan fingerprint density at radius 3 is 2.75 bits per heavy atom. The molecule has 0 aliphatic heterocycles. The minimum atomic E-state index is -0.227. The van der Waals surface area contributed by atoms with E-state index in [1.807, 2.05) is 30.5 Å². The maximum Gasteiger partial charge on any atom is 0.238 e. The number of rotatable bonds is 6. The molecular formula is C23H24N2O3. The monoisotopic (exact) mass is 376 g/mol. The largest absolute Gasteiger partial charge is 0.504 e. The van der Waals surface area contributed by atoms with Crippen LogP contribution in [0.5, 0.6) is 11.5 Å². The Morgan fingerprint density at radius 1 is 1.21 bits per heavy atom. The van der Waals surface area contributed by atoms with E-state index in [2.05, 4.69) is 35.4 Å². The summed E-state index contributed by atoms with van der Waals surface area (Å²) in [6.45, 7) is 1.83. The van der Waals surface area contributed by atoms with Crippen molar-refractivity contribution in [3.05, 3.63) is 59.8 Å². The van der Waals surface area contributed by atoms with Gasteiger partial charge in [0.1, 0.15) is 0 Å². The summed E-state index contributed by atoms with van der Waals surface area (Å²) in [6, 6.07) is 12.7. The van der Waals surface area contributed by atoms with Crippen LogP contribution in [0.3, 0.4) is 0 Å². The summed E-state index contributed by atoms with van der Waals surface area (Å²) >= 11 is 0. The standard InChI is InChI=1S/C23H24N2O3/c1-24(2)13-6-14-25-16-19(18-7-4-5-8-20(18)25)21(26)11-9-17-10-12-22(27)23(15-17)28-3/h4-5,7-8,10,12,15-16,27H,6,13-14H2,1-3H3. The zero-order chi connectivity index (χ0) is 20.1. The lowest BCUT2D eigenvalue weighted by Crippen LogP contribution is -2.14. The van der Waals surface area contributed by atoms with Crippen LogP contribution < -0.4 is 4.74 Å². The zero-order valence-corrected chi connectivity index (χ0v) is 16.4. The minimum absolute atomic E-state index is 0.0418. The van der Waals surface area contributed by atoms with E-state index in [9.17, 15) is 9.90 Å². The fraction of sp³-hybridized carbons (Fsp3) is 0.261. The quantitative estimate of drug-likeness (QED) is 0.528. The Balaban J connectivity index is 1.88. The number of phenolic OH excluding ortho intramolecular Hbond substituents is 1. The summed E-state index contributed by atoms with van der Waals surface area (Å²) in [6.07, 6.45) is 2.90. The lowest BCUT2D eigenvalue weighted by atomic mass is 10.1. The van der Waals surface area contributed by atoms with Crippen molar-refractivity contribution in [1.82, 2.24) is 9.47 Å². The third-order valence-electron chi connectivity index (χ3n) is 4.54. The lowest BCUT2D eigenvalue weighted by molar-refractivity contribution is 0.105. The molecule has 5 heteroatoms. The first-order valence-electron chi connectivity index (χ1n) is 9.15. The number of hydrogen-bond donors (Lipinski definition) is 1. The number of methoxy groups -OCH3 is 1. The van der Waals surface area contributed by atoms with Gasteiger partial charge in [-0.3, -0.25) is 4.79 Å². The van der Waals surface area contributed by atoms with Crippen LogP contribution in [0.4, 0.5) is 0 Å². The van der Waals surface area contributed by atoms with Crippen LogP contribution in [-0.4, -0.2) is 48.1 Å². The molecule has 0 saturated carbocycles. The second-order valence-electron chi connectivity index (χ2n) is 6.88. The van der Waals surface area contributed by atoms with E-state index in [1.54, 1.807) is 12.1 Å². The average molecular weight is 376 g/mol. The SMILES string of the molecule is COc1cc(C#CC(=O)c2cn(CCCN(C)C)c3ccccc23)ccc1O. The summed E-state index contributed by atoms with van der Waals surface area (Å²) in [4.78, 5) is 14.9. The molecule has 1 N–H and O–H groups in total. The molecule has 1 heterocycles. The summed E-state index contributed by atoms with van der Waals surface area (Å²) < 4.78 is 7.21. The highest BCUT2D eigenvalue weighted by Gasteiger charge is 2.13. The van der Waals surface area contributed by atoms with E-state index in [-0.39, 0.29) is 11.5 Å². The highest BCUT2D eigenvalue weighted by atomic mass is 16.5. The van der Waals surface area contributed by atoms with E-state index in [0.29, 0.717) is 16.9 Å². The van der Waals surface area contributed by atoms with Gasteiger partial charge in [-0.05, 0) is 57.2 Å². The number of ketones is 1. The predicted molar refractivity (Wildman–Crippen MR) is 111 cm³/mol. The number of aryl methyl sites for hydroxylation is 1. The highest BCUT2D eigenvalue weighted by molar-refractivity contribution is 6.16. The first-order chi connectivity index (χ1) is 13.5. The molecule has 0 aliphatic carbocycles. The minimum Gasteiger partial charge on any atom is -0.504 e. The fourth-order valence-corrected chi connectivity index (χ4v) is 3.12. The third-order valence-corrected chi connectivity index (χ3v) is 4.54. The molecule has 28 heavy (non-hydrogen) atoms. The number of para-hydroxylation sites is 1. The number of ether oxygens (including phenoxy) is 1. The number of benzene rings is 2. The van der Waals surface area contributed by atoms with E-state index in [1.165, 1.54) is 13.2 Å². The number of fused-ring (bicyclic) bond motifs is 1. The Hall–Kier alpha value is -3.23. The number of Topliss-reactive ketones (excluding diaryl/α,β-unsaturated/α-hetero) is 1. The van der Waals surface area contributed by atoms with Crippen molar-refractivity contribution in [3.63, 3.8) is 0 Å². The third kappa shape index (κ3) is 4.36. The van der Waals surface area contributed by atoms with E-state index in [0.717, 1.165) is 30.4 Å². The first kappa shape index (κ1) is 19.5. The van der Waals surface area contributed by atoms with Crippen molar-refractivity contribution in [3.8, 4) is 23.3 Å². The highest BCUT2D eigenvalue weighted by Crippen LogP contribution is 2.26. The first-order valence-corrected chi connectivity index (χ1v) is 9.15. The van der Waals surface area contributed by atoms with Gasteiger partial charge in [-0.2, -0.15) is 0 Å². The van der Waals surface area contributed by atoms with Crippen LogP contribution in [-0.2, 0) is 6.54 Å². The molecular weight excluding hydrogens is 352 g/mol. The van der Waals surface area contributed by atoms with Gasteiger partial charge in [-0.15, -0.1) is 0 Å². The van der Waals surface area contributed by atoms with Gasteiger partial charge in [0.15, 0.2) is 11.5 Å². The van der Waals surface area contributed by atoms with Gasteiger partial charge >= 0.3 is 0 Å². The van der Waals surface area contributed by atoms with E-state index >= 15 is 0 Å². The smallest absolute Gasteiger partial charge is 0.238 e. The molecule has 0 fully saturated rings. The Morgan fingerprint density at radius 2 is 2.00 bits per heavy atom. The maximum absolute atomic E-state index is 12.8. The van der Waals surface area contributed by atoms with Crippen molar-refractivity contribution in [2.24, 2.45) is 0 Å². The van der Waals surface area contributed by atoms with Gasteiger partial charge in [-0.1, -0.05) is 24.1 Å². The van der Waals surface area contributed by atoms with Crippen LogP contribution in [0.1, 0.15) is 22.3 Å². The van der Waals surface area contributed by atoms with Gasteiger partial charge in [0.05, 0.1) is 12.7 Å². The molecule has 5 nitrogen and oxygen atoms in total. The number of carbonyl (C=O) groups excluding carboxylic acids is 1. The van der Waals surface area contributed by atoms with Gasteiger partial charge in [0, 0.05) is 29.2 Å². The fourth-order valence-electron chi connectivity index (χ4n) is 3.12. The molecule has 3 rings (SSSR count). The van der Waals surface area contributed by atoms with Gasteiger partial charge in [0.2, 0.25) is 5.78 Å². The molecule has 0 bridgehead atoms. The lowest BCUT2D eigenvalue weighted by Gasteiger charge is -2.10. The number of carbonyl (C=O) groups is 1. The maximum atomic E-state index is 12.8. The number of hydrogen-bond acceptors (Lipinski definition) is 4. The molecule has 0 atom stereocenters. The number of phenols is 1. The Bertz CT molecular complexity index is 1050. The van der Waals surface area contributed by atoms with Gasteiger partial charge in [0.25, 0.3) is 0 Å². The molecule has 0 aliphatic rings. The van der Waals surface area contributed by atoms with Gasteiger partial charge < -0.3 is 19.3 Å². The Kier molecular flexibility index (Phi) is 6.03. The number of aromatic hydroxyl groups is 1. The predicted octanol–water partition coefficient (Wildman–Crippen LogP) is 3.54. The van der Waals surface area contributed by atoms with E-state index in [4.69, 9.17) is 4.74 Å². The van der Waals surface area contributed by atoms with Crippen LogP contribution in [0, 0.1) is 11.8 Å².